The van der Waals surface area contributed by atoms with Gasteiger partial charge in [-0.1, -0.05) is 13.3 Å². The van der Waals surface area contributed by atoms with Gasteiger partial charge in [0.25, 0.3) is 0 Å². The molecule has 4 N–H and O–H groups in total. The van der Waals surface area contributed by atoms with E-state index in [9.17, 15) is 0 Å². The highest BCUT2D eigenvalue weighted by molar-refractivity contribution is 5.85. The molecule has 30 heavy (non-hydrogen) atoms. The fourth-order valence-corrected chi connectivity index (χ4v) is 3.56. The van der Waals surface area contributed by atoms with E-state index in [2.05, 4.69) is 34.4 Å². The number of anilines is 2. The van der Waals surface area contributed by atoms with Crippen molar-refractivity contribution in [2.45, 2.75) is 45.8 Å². The predicted molar refractivity (Wildman–Crippen MR) is 119 cm³/mol. The van der Waals surface area contributed by atoms with Gasteiger partial charge in [0.1, 0.15) is 17.0 Å². The zero-order valence-electron chi connectivity index (χ0n) is 18.3. The zero-order chi connectivity index (χ0) is 21.7. The molecule has 0 aliphatic heterocycles. The molecule has 0 saturated carbocycles. The van der Waals surface area contributed by atoms with Crippen LogP contribution in [0.5, 0.6) is 11.5 Å². The summed E-state index contributed by atoms with van der Waals surface area (Å²) in [6, 6.07) is 4.28. The van der Waals surface area contributed by atoms with Gasteiger partial charge in [0, 0.05) is 12.6 Å². The highest BCUT2D eigenvalue weighted by Crippen LogP contribution is 2.32. The number of hydrogen-bond acceptors (Lipinski definition) is 8. The molecule has 3 rings (SSSR count). The molecule has 0 amide bonds. The topological polar surface area (TPSA) is 112 Å². The van der Waals surface area contributed by atoms with Crippen LogP contribution in [0.25, 0.3) is 11.0 Å². The molecular weight excluding hydrogens is 382 g/mol. The van der Waals surface area contributed by atoms with E-state index in [0.717, 1.165) is 42.0 Å². The number of nitrogens with one attached hydrogen (secondary N) is 2. The van der Waals surface area contributed by atoms with Gasteiger partial charge in [-0.05, 0) is 38.1 Å². The predicted octanol–water partition coefficient (Wildman–Crippen LogP) is 2.79. The summed E-state index contributed by atoms with van der Waals surface area (Å²) in [5.41, 5.74) is 9.30. The smallest absolute Gasteiger partial charge is 0.222 e. The summed E-state index contributed by atoms with van der Waals surface area (Å²) in [6.07, 6.45) is 3.97. The Morgan fingerprint density at radius 3 is 2.47 bits per heavy atom. The first-order chi connectivity index (χ1) is 14.5. The average molecular weight is 414 g/mol. The molecule has 1 aromatic carbocycles. The van der Waals surface area contributed by atoms with Crippen LogP contribution in [0, 0.1) is 0 Å². The van der Waals surface area contributed by atoms with Crippen LogP contribution in [0.4, 0.5) is 11.8 Å². The SMILES string of the molecule is CCC[C@H](C)Nc1nc(N)nc2cn(Cc3c(OC)cc(CNC)cc3OC)nc12. The van der Waals surface area contributed by atoms with E-state index in [-0.39, 0.29) is 12.0 Å². The van der Waals surface area contributed by atoms with Gasteiger partial charge in [-0.25, -0.2) is 4.98 Å². The molecule has 9 heteroatoms. The lowest BCUT2D eigenvalue weighted by Crippen LogP contribution is -2.16. The van der Waals surface area contributed by atoms with Crippen molar-refractivity contribution < 1.29 is 9.47 Å². The van der Waals surface area contributed by atoms with Gasteiger partial charge in [0.05, 0.1) is 32.5 Å². The summed E-state index contributed by atoms with van der Waals surface area (Å²) in [5.74, 6) is 2.37. The van der Waals surface area contributed by atoms with Crippen LogP contribution >= 0.6 is 0 Å². The molecule has 9 nitrogen and oxygen atoms in total. The molecule has 0 unspecified atom stereocenters. The molecule has 0 bridgehead atoms. The summed E-state index contributed by atoms with van der Waals surface area (Å²) in [4.78, 5) is 8.71. The summed E-state index contributed by atoms with van der Waals surface area (Å²) >= 11 is 0. The van der Waals surface area contributed by atoms with E-state index in [1.54, 1.807) is 14.2 Å². The Morgan fingerprint density at radius 2 is 1.87 bits per heavy atom. The van der Waals surface area contributed by atoms with Crippen molar-refractivity contribution in [3.63, 3.8) is 0 Å². The first-order valence-corrected chi connectivity index (χ1v) is 10.1. The first kappa shape index (κ1) is 21.6. The maximum absolute atomic E-state index is 5.93. The van der Waals surface area contributed by atoms with Gasteiger partial charge in [0.2, 0.25) is 5.95 Å². The Kier molecular flexibility index (Phi) is 6.94. The van der Waals surface area contributed by atoms with Crippen molar-refractivity contribution in [2.24, 2.45) is 0 Å². The Hall–Kier alpha value is -3.07. The molecule has 162 valence electrons. The number of nitrogen functional groups attached to an aromatic ring is 1. The number of nitrogens with zero attached hydrogens (tertiary/aromatic N) is 4. The molecule has 0 aliphatic rings. The number of rotatable bonds is 10. The van der Waals surface area contributed by atoms with Crippen molar-refractivity contribution in [1.82, 2.24) is 25.1 Å². The number of ether oxygens (including phenoxy) is 2. The normalized spacial score (nSPS) is 12.2. The first-order valence-electron chi connectivity index (χ1n) is 10.1. The molecule has 0 aliphatic carbocycles. The van der Waals surface area contributed by atoms with Gasteiger partial charge in [0.15, 0.2) is 11.3 Å². The highest BCUT2D eigenvalue weighted by atomic mass is 16.5. The van der Waals surface area contributed by atoms with Gasteiger partial charge in [-0.15, -0.1) is 0 Å². The molecule has 2 aromatic heterocycles. The molecule has 0 radical (unpaired) electrons. The van der Waals surface area contributed by atoms with E-state index < -0.39 is 0 Å². The second-order valence-electron chi connectivity index (χ2n) is 7.33. The lowest BCUT2D eigenvalue weighted by atomic mass is 10.1. The minimum Gasteiger partial charge on any atom is -0.496 e. The summed E-state index contributed by atoms with van der Waals surface area (Å²) in [5, 5.41) is 11.3. The molecule has 1 atom stereocenters. The Bertz CT molecular complexity index is 977. The van der Waals surface area contributed by atoms with E-state index in [1.807, 2.05) is 30.1 Å². The number of nitrogens with two attached hydrogens (primary N) is 1. The summed E-state index contributed by atoms with van der Waals surface area (Å²) in [7, 11) is 5.22. The Morgan fingerprint density at radius 1 is 1.17 bits per heavy atom. The van der Waals surface area contributed by atoms with Crippen LogP contribution in [-0.2, 0) is 13.1 Å². The third kappa shape index (κ3) is 4.73. The van der Waals surface area contributed by atoms with E-state index >= 15 is 0 Å². The molecule has 2 heterocycles. The molecule has 3 aromatic rings. The summed E-state index contributed by atoms with van der Waals surface area (Å²) < 4.78 is 13.1. The van der Waals surface area contributed by atoms with E-state index in [1.165, 1.54) is 0 Å². The standard InChI is InChI=1S/C21H31N7O2/c1-6-7-13(2)24-20-19-16(25-21(22)26-20)12-28(27-19)11-15-17(29-4)8-14(10-23-3)9-18(15)30-5/h8-9,12-13,23H,6-7,10-11H2,1-5H3,(H3,22,24,25,26)/t13-/m0/s1. The average Bonchev–Trinajstić information content (AvgIpc) is 3.11. The number of hydrogen-bond donors (Lipinski definition) is 3. The second kappa shape index (κ2) is 9.62. The quantitative estimate of drug-likeness (QED) is 0.465. The number of fused-ring (bicyclic) bond motifs is 1. The monoisotopic (exact) mass is 413 g/mol. The third-order valence-corrected chi connectivity index (χ3v) is 4.90. The van der Waals surface area contributed by atoms with E-state index in [4.69, 9.17) is 20.3 Å². The van der Waals surface area contributed by atoms with Crippen LogP contribution in [0.15, 0.2) is 18.3 Å². The van der Waals surface area contributed by atoms with Crippen molar-refractivity contribution in [3.05, 3.63) is 29.5 Å². The van der Waals surface area contributed by atoms with Gasteiger partial charge < -0.3 is 25.8 Å². The van der Waals surface area contributed by atoms with Gasteiger partial charge in [-0.2, -0.15) is 10.1 Å². The largest absolute Gasteiger partial charge is 0.496 e. The zero-order valence-corrected chi connectivity index (χ0v) is 18.3. The Labute approximate surface area is 177 Å². The van der Waals surface area contributed by atoms with Crippen LogP contribution in [0.3, 0.4) is 0 Å². The lowest BCUT2D eigenvalue weighted by Gasteiger charge is -2.15. The second-order valence-corrected chi connectivity index (χ2v) is 7.33. The van der Waals surface area contributed by atoms with Gasteiger partial charge in [-0.3, -0.25) is 4.68 Å². The molecular formula is C21H31N7O2. The lowest BCUT2D eigenvalue weighted by molar-refractivity contribution is 0.381. The highest BCUT2D eigenvalue weighted by Gasteiger charge is 2.17. The third-order valence-electron chi connectivity index (χ3n) is 4.90. The molecule has 0 fully saturated rings. The van der Waals surface area contributed by atoms with Crippen molar-refractivity contribution >= 4 is 22.8 Å². The van der Waals surface area contributed by atoms with Crippen molar-refractivity contribution in [3.8, 4) is 11.5 Å². The van der Waals surface area contributed by atoms with Crippen molar-refractivity contribution in [2.75, 3.05) is 32.3 Å². The molecule has 0 spiro atoms. The maximum Gasteiger partial charge on any atom is 0.222 e. The van der Waals surface area contributed by atoms with Crippen LogP contribution < -0.4 is 25.8 Å². The number of benzene rings is 1. The summed E-state index contributed by atoms with van der Waals surface area (Å²) in [6.45, 7) is 5.46. The van der Waals surface area contributed by atoms with Gasteiger partial charge >= 0.3 is 0 Å². The van der Waals surface area contributed by atoms with Crippen molar-refractivity contribution in [1.29, 1.82) is 0 Å². The van der Waals surface area contributed by atoms with Crippen LogP contribution in [0.1, 0.15) is 37.8 Å². The fraction of sp³-hybridized carbons (Fsp3) is 0.476. The number of aromatic nitrogens is 4. The number of methoxy groups -OCH3 is 2. The van der Waals surface area contributed by atoms with Crippen LogP contribution in [-0.4, -0.2) is 47.1 Å². The van der Waals surface area contributed by atoms with E-state index in [0.29, 0.717) is 23.4 Å². The van der Waals surface area contributed by atoms with Crippen LogP contribution in [0.2, 0.25) is 0 Å². The fourth-order valence-electron chi connectivity index (χ4n) is 3.56. The molecule has 0 saturated heterocycles. The minimum atomic E-state index is 0.222. The Balaban J connectivity index is 1.98. The minimum absolute atomic E-state index is 0.222. The maximum atomic E-state index is 5.93.